The number of nitrogens with one attached hydrogen (secondary N) is 2. The molecule has 32 heavy (non-hydrogen) atoms. The quantitative estimate of drug-likeness (QED) is 0.581. The minimum absolute atomic E-state index is 0.193. The van der Waals surface area contributed by atoms with E-state index in [9.17, 15) is 17.2 Å². The van der Waals surface area contributed by atoms with Gasteiger partial charge in [-0.15, -0.1) is 0 Å². The molecule has 0 saturated carbocycles. The Balaban J connectivity index is 1.48. The standard InChI is InChI=1S/C21H21F2N5O3S/c1-14-12-20(28-8-10-31-11-9-28)26-21(24-14)25-16-3-5-17(6-4-16)27-32(29,30)19-13-15(22)2-7-18(19)23/h2-7,12-13,27H,8-11H2,1H3,(H,24,25,26). The van der Waals surface area contributed by atoms with Crippen molar-refractivity contribution in [3.8, 4) is 0 Å². The van der Waals surface area contributed by atoms with Crippen LogP contribution in [0.2, 0.25) is 0 Å². The Morgan fingerprint density at radius 3 is 2.38 bits per heavy atom. The first-order chi connectivity index (χ1) is 15.3. The molecule has 1 aliphatic heterocycles. The van der Waals surface area contributed by atoms with Crippen LogP contribution < -0.4 is 14.9 Å². The van der Waals surface area contributed by atoms with Crippen LogP contribution in [-0.4, -0.2) is 44.7 Å². The zero-order valence-electron chi connectivity index (χ0n) is 17.2. The van der Waals surface area contributed by atoms with Gasteiger partial charge in [0.2, 0.25) is 5.95 Å². The van der Waals surface area contributed by atoms with Gasteiger partial charge >= 0.3 is 0 Å². The Morgan fingerprint density at radius 1 is 0.969 bits per heavy atom. The Bertz CT molecular complexity index is 1220. The molecule has 1 saturated heterocycles. The van der Waals surface area contributed by atoms with Gasteiger partial charge in [0, 0.05) is 36.2 Å². The fraction of sp³-hybridized carbons (Fsp3) is 0.238. The van der Waals surface area contributed by atoms with Crippen LogP contribution in [0.4, 0.5) is 31.9 Å². The molecule has 0 amide bonds. The minimum Gasteiger partial charge on any atom is -0.378 e. The van der Waals surface area contributed by atoms with Crippen molar-refractivity contribution in [1.82, 2.24) is 9.97 Å². The first-order valence-electron chi connectivity index (χ1n) is 9.83. The lowest BCUT2D eigenvalue weighted by Gasteiger charge is -2.28. The molecule has 4 rings (SSSR count). The van der Waals surface area contributed by atoms with Crippen LogP contribution in [0, 0.1) is 18.6 Å². The summed E-state index contributed by atoms with van der Waals surface area (Å²) >= 11 is 0. The maximum absolute atomic E-state index is 13.9. The topological polar surface area (TPSA) is 96.5 Å². The fourth-order valence-electron chi connectivity index (χ4n) is 3.21. The third-order valence-corrected chi connectivity index (χ3v) is 6.15. The van der Waals surface area contributed by atoms with Crippen molar-refractivity contribution in [3.63, 3.8) is 0 Å². The van der Waals surface area contributed by atoms with E-state index >= 15 is 0 Å². The van der Waals surface area contributed by atoms with E-state index in [1.54, 1.807) is 12.1 Å². The van der Waals surface area contributed by atoms with Gasteiger partial charge < -0.3 is 15.0 Å². The maximum Gasteiger partial charge on any atom is 0.264 e. The van der Waals surface area contributed by atoms with Gasteiger partial charge in [0.15, 0.2) is 0 Å². The number of aromatic nitrogens is 2. The Kier molecular flexibility index (Phi) is 6.19. The second-order valence-electron chi connectivity index (χ2n) is 7.17. The monoisotopic (exact) mass is 461 g/mol. The number of hydrogen-bond donors (Lipinski definition) is 2. The number of benzene rings is 2. The zero-order valence-corrected chi connectivity index (χ0v) is 18.0. The lowest BCUT2D eigenvalue weighted by atomic mass is 10.3. The van der Waals surface area contributed by atoms with Gasteiger partial charge in [0.1, 0.15) is 22.3 Å². The fourth-order valence-corrected chi connectivity index (χ4v) is 4.36. The van der Waals surface area contributed by atoms with Gasteiger partial charge in [-0.25, -0.2) is 22.2 Å². The summed E-state index contributed by atoms with van der Waals surface area (Å²) in [5.41, 5.74) is 1.62. The molecule has 0 atom stereocenters. The van der Waals surface area contributed by atoms with E-state index in [0.29, 0.717) is 30.9 Å². The van der Waals surface area contributed by atoms with Gasteiger partial charge in [0.25, 0.3) is 10.0 Å². The first kappa shape index (κ1) is 21.9. The van der Waals surface area contributed by atoms with Gasteiger partial charge in [0.05, 0.1) is 13.2 Å². The van der Waals surface area contributed by atoms with Gasteiger partial charge in [-0.2, -0.15) is 4.98 Å². The van der Waals surface area contributed by atoms with Gasteiger partial charge in [-0.05, 0) is 49.4 Å². The highest BCUT2D eigenvalue weighted by Crippen LogP contribution is 2.23. The highest BCUT2D eigenvalue weighted by Gasteiger charge is 2.20. The average Bonchev–Trinajstić information content (AvgIpc) is 2.77. The molecular formula is C21H21F2N5O3S. The summed E-state index contributed by atoms with van der Waals surface area (Å²) in [4.78, 5) is 10.3. The number of hydrogen-bond acceptors (Lipinski definition) is 7. The molecule has 0 spiro atoms. The van der Waals surface area contributed by atoms with Crippen LogP contribution >= 0.6 is 0 Å². The Morgan fingerprint density at radius 2 is 1.66 bits per heavy atom. The summed E-state index contributed by atoms with van der Waals surface area (Å²) in [6.07, 6.45) is 0. The molecule has 3 aromatic rings. The van der Waals surface area contributed by atoms with E-state index < -0.39 is 26.6 Å². The van der Waals surface area contributed by atoms with Crippen molar-refractivity contribution in [1.29, 1.82) is 0 Å². The van der Waals surface area contributed by atoms with Crippen molar-refractivity contribution < 1.29 is 21.9 Å². The predicted molar refractivity (Wildman–Crippen MR) is 117 cm³/mol. The van der Waals surface area contributed by atoms with Crippen LogP contribution in [0.15, 0.2) is 53.4 Å². The van der Waals surface area contributed by atoms with E-state index in [0.717, 1.165) is 36.7 Å². The minimum atomic E-state index is -4.29. The lowest BCUT2D eigenvalue weighted by molar-refractivity contribution is 0.122. The van der Waals surface area contributed by atoms with E-state index in [4.69, 9.17) is 4.74 Å². The Hall–Kier alpha value is -3.31. The molecule has 1 aliphatic rings. The summed E-state index contributed by atoms with van der Waals surface area (Å²) < 4.78 is 59.7. The van der Waals surface area contributed by atoms with Crippen molar-refractivity contribution in [2.45, 2.75) is 11.8 Å². The third kappa shape index (κ3) is 5.11. The molecule has 2 heterocycles. The van der Waals surface area contributed by atoms with E-state index in [1.165, 1.54) is 12.1 Å². The molecule has 11 heteroatoms. The number of ether oxygens (including phenoxy) is 1. The molecule has 2 aromatic carbocycles. The van der Waals surface area contributed by atoms with E-state index in [1.807, 2.05) is 13.0 Å². The molecule has 168 valence electrons. The van der Waals surface area contributed by atoms with Gasteiger partial charge in [-0.1, -0.05) is 0 Å². The van der Waals surface area contributed by atoms with Gasteiger partial charge in [-0.3, -0.25) is 4.72 Å². The second-order valence-corrected chi connectivity index (χ2v) is 8.82. The smallest absolute Gasteiger partial charge is 0.264 e. The SMILES string of the molecule is Cc1cc(N2CCOCC2)nc(Nc2ccc(NS(=O)(=O)c3cc(F)ccc3F)cc2)n1. The molecule has 2 N–H and O–H groups in total. The zero-order chi connectivity index (χ0) is 22.7. The van der Waals surface area contributed by atoms with Crippen LogP contribution in [0.25, 0.3) is 0 Å². The first-order valence-corrected chi connectivity index (χ1v) is 11.3. The number of aryl methyl sites for hydroxylation is 1. The summed E-state index contributed by atoms with van der Waals surface area (Å²) in [5, 5.41) is 3.10. The molecule has 0 unspecified atom stereocenters. The number of halogens is 2. The average molecular weight is 461 g/mol. The predicted octanol–water partition coefficient (Wildman–Crippen LogP) is 3.44. The molecule has 8 nitrogen and oxygen atoms in total. The van der Waals surface area contributed by atoms with Crippen LogP contribution in [0.5, 0.6) is 0 Å². The normalized spacial score (nSPS) is 14.3. The number of rotatable bonds is 6. The van der Waals surface area contributed by atoms with Crippen LogP contribution in [0.3, 0.4) is 0 Å². The number of morpholine rings is 1. The summed E-state index contributed by atoms with van der Waals surface area (Å²) in [6, 6.07) is 10.4. The van der Waals surface area contributed by atoms with Crippen molar-refractivity contribution in [2.75, 3.05) is 41.2 Å². The maximum atomic E-state index is 13.9. The summed E-state index contributed by atoms with van der Waals surface area (Å²) in [5.74, 6) is -0.683. The van der Waals surface area contributed by atoms with Crippen LogP contribution in [0.1, 0.15) is 5.69 Å². The number of anilines is 4. The molecule has 1 aromatic heterocycles. The molecule has 0 radical (unpaired) electrons. The molecule has 0 aliphatic carbocycles. The Labute approximate surface area is 184 Å². The summed E-state index contributed by atoms with van der Waals surface area (Å²) in [6.45, 7) is 4.65. The number of sulfonamides is 1. The van der Waals surface area contributed by atoms with Crippen molar-refractivity contribution >= 4 is 33.2 Å². The summed E-state index contributed by atoms with van der Waals surface area (Å²) in [7, 11) is -4.29. The second kappa shape index (κ2) is 9.05. The largest absolute Gasteiger partial charge is 0.378 e. The molecular weight excluding hydrogens is 440 g/mol. The highest BCUT2D eigenvalue weighted by atomic mass is 32.2. The molecule has 1 fully saturated rings. The van der Waals surface area contributed by atoms with Crippen LogP contribution in [-0.2, 0) is 14.8 Å². The third-order valence-electron chi connectivity index (χ3n) is 4.75. The molecule has 0 bridgehead atoms. The van der Waals surface area contributed by atoms with Crippen molar-refractivity contribution in [3.05, 3.63) is 65.9 Å². The number of nitrogens with zero attached hydrogens (tertiary/aromatic N) is 3. The van der Waals surface area contributed by atoms with E-state index in [2.05, 4.69) is 24.9 Å². The lowest BCUT2D eigenvalue weighted by Crippen LogP contribution is -2.36. The van der Waals surface area contributed by atoms with Crippen molar-refractivity contribution in [2.24, 2.45) is 0 Å². The van der Waals surface area contributed by atoms with E-state index in [-0.39, 0.29) is 5.69 Å². The highest BCUT2D eigenvalue weighted by molar-refractivity contribution is 7.92.